The van der Waals surface area contributed by atoms with Gasteiger partial charge in [-0.15, -0.1) is 0 Å². The molecule has 0 aliphatic heterocycles. The highest BCUT2D eigenvalue weighted by Crippen LogP contribution is 2.26. The first-order chi connectivity index (χ1) is 7.50. The molecule has 0 heterocycles. The fraction of sp³-hybridized carbons (Fsp3) is 0.833. The summed E-state index contributed by atoms with van der Waals surface area (Å²) in [5.41, 5.74) is 0. The minimum absolute atomic E-state index is 0.0399. The number of rotatable bonds is 4. The second kappa shape index (κ2) is 5.87. The quantitative estimate of drug-likeness (QED) is 0.797. The molecule has 1 aliphatic carbocycles. The largest absolute Gasteiger partial charge is 0.481 e. The molecular formula is C12H21NO3. The highest BCUT2D eigenvalue weighted by Gasteiger charge is 2.24. The Bertz CT molecular complexity index is 257. The van der Waals surface area contributed by atoms with Crippen LogP contribution in [0, 0.1) is 5.92 Å². The number of amides is 1. The topological polar surface area (TPSA) is 57.6 Å². The van der Waals surface area contributed by atoms with Gasteiger partial charge in [0.1, 0.15) is 0 Å². The van der Waals surface area contributed by atoms with Crippen molar-refractivity contribution in [3.05, 3.63) is 0 Å². The SMILES string of the molecule is CC1CCC(N(C)C(=O)CCC(=O)O)CC1. The lowest BCUT2D eigenvalue weighted by molar-refractivity contribution is -0.141. The van der Waals surface area contributed by atoms with Gasteiger partial charge in [0, 0.05) is 19.5 Å². The zero-order valence-corrected chi connectivity index (χ0v) is 10.1. The lowest BCUT2D eigenvalue weighted by Crippen LogP contribution is -2.39. The molecule has 0 aromatic rings. The minimum Gasteiger partial charge on any atom is -0.481 e. The number of carbonyl (C=O) groups excluding carboxylic acids is 1. The third-order valence-electron chi connectivity index (χ3n) is 3.48. The second-order valence-corrected chi connectivity index (χ2v) is 4.81. The van der Waals surface area contributed by atoms with Crippen LogP contribution in [0.5, 0.6) is 0 Å². The third-order valence-corrected chi connectivity index (χ3v) is 3.48. The van der Waals surface area contributed by atoms with Crippen LogP contribution in [-0.2, 0) is 9.59 Å². The van der Waals surface area contributed by atoms with E-state index in [0.717, 1.165) is 18.8 Å². The molecule has 1 fully saturated rings. The number of hydrogen-bond donors (Lipinski definition) is 1. The van der Waals surface area contributed by atoms with Gasteiger partial charge in [0.2, 0.25) is 5.91 Å². The molecule has 92 valence electrons. The second-order valence-electron chi connectivity index (χ2n) is 4.81. The van der Waals surface area contributed by atoms with Gasteiger partial charge in [-0.05, 0) is 31.6 Å². The molecule has 1 aliphatic rings. The van der Waals surface area contributed by atoms with Crippen molar-refractivity contribution in [2.75, 3.05) is 7.05 Å². The van der Waals surface area contributed by atoms with Crippen LogP contribution in [0.3, 0.4) is 0 Å². The van der Waals surface area contributed by atoms with E-state index in [2.05, 4.69) is 6.92 Å². The summed E-state index contributed by atoms with van der Waals surface area (Å²) < 4.78 is 0. The van der Waals surface area contributed by atoms with Crippen LogP contribution >= 0.6 is 0 Å². The molecular weight excluding hydrogens is 206 g/mol. The van der Waals surface area contributed by atoms with Gasteiger partial charge in [-0.25, -0.2) is 0 Å². The Morgan fingerprint density at radius 1 is 1.19 bits per heavy atom. The molecule has 0 radical (unpaired) electrons. The Morgan fingerprint density at radius 3 is 2.25 bits per heavy atom. The molecule has 1 amide bonds. The fourth-order valence-corrected chi connectivity index (χ4v) is 2.22. The van der Waals surface area contributed by atoms with Crippen LogP contribution in [0.15, 0.2) is 0 Å². The summed E-state index contributed by atoms with van der Waals surface area (Å²) in [6, 6.07) is 0.317. The van der Waals surface area contributed by atoms with Gasteiger partial charge in [0.05, 0.1) is 6.42 Å². The van der Waals surface area contributed by atoms with Gasteiger partial charge in [0.25, 0.3) is 0 Å². The highest BCUT2D eigenvalue weighted by molar-refractivity contribution is 5.80. The van der Waals surface area contributed by atoms with E-state index in [9.17, 15) is 9.59 Å². The molecule has 0 aromatic carbocycles. The maximum Gasteiger partial charge on any atom is 0.303 e. The van der Waals surface area contributed by atoms with Gasteiger partial charge in [-0.3, -0.25) is 9.59 Å². The first-order valence-electron chi connectivity index (χ1n) is 5.98. The minimum atomic E-state index is -0.904. The van der Waals surface area contributed by atoms with Crippen molar-refractivity contribution in [1.29, 1.82) is 0 Å². The summed E-state index contributed by atoms with van der Waals surface area (Å²) in [6.07, 6.45) is 4.50. The first kappa shape index (κ1) is 13.0. The van der Waals surface area contributed by atoms with Gasteiger partial charge < -0.3 is 10.0 Å². The maximum absolute atomic E-state index is 11.7. The molecule has 4 nitrogen and oxygen atoms in total. The molecule has 1 N–H and O–H groups in total. The third kappa shape index (κ3) is 3.83. The van der Waals surface area contributed by atoms with Crippen LogP contribution in [0.2, 0.25) is 0 Å². The van der Waals surface area contributed by atoms with E-state index in [4.69, 9.17) is 5.11 Å². The average Bonchev–Trinajstić information content (AvgIpc) is 2.26. The Morgan fingerprint density at radius 2 is 1.75 bits per heavy atom. The molecule has 0 unspecified atom stereocenters. The Kier molecular flexibility index (Phi) is 4.77. The number of carbonyl (C=O) groups is 2. The number of carboxylic acids is 1. The van der Waals surface area contributed by atoms with Gasteiger partial charge in [-0.1, -0.05) is 6.92 Å². The average molecular weight is 227 g/mol. The molecule has 0 saturated heterocycles. The highest BCUT2D eigenvalue weighted by atomic mass is 16.4. The molecule has 0 aromatic heterocycles. The number of nitrogens with zero attached hydrogens (tertiary/aromatic N) is 1. The lowest BCUT2D eigenvalue weighted by Gasteiger charge is -2.33. The van der Waals surface area contributed by atoms with E-state index in [1.807, 2.05) is 0 Å². The standard InChI is InChI=1S/C12H21NO3/c1-9-3-5-10(6-4-9)13(2)11(14)7-8-12(15)16/h9-10H,3-8H2,1-2H3,(H,15,16). The smallest absolute Gasteiger partial charge is 0.303 e. The number of hydrogen-bond acceptors (Lipinski definition) is 2. The Hall–Kier alpha value is -1.06. The molecule has 1 rings (SSSR count). The van der Waals surface area contributed by atoms with E-state index >= 15 is 0 Å². The first-order valence-corrected chi connectivity index (χ1v) is 5.98. The molecule has 4 heteroatoms. The zero-order valence-electron chi connectivity index (χ0n) is 10.1. The summed E-state index contributed by atoms with van der Waals surface area (Å²) >= 11 is 0. The van der Waals surface area contributed by atoms with Gasteiger partial charge in [-0.2, -0.15) is 0 Å². The summed E-state index contributed by atoms with van der Waals surface area (Å²) in [4.78, 5) is 23.8. The van der Waals surface area contributed by atoms with Crippen molar-refractivity contribution in [3.8, 4) is 0 Å². The van der Waals surface area contributed by atoms with Crippen molar-refractivity contribution in [3.63, 3.8) is 0 Å². The summed E-state index contributed by atoms with van der Waals surface area (Å²) in [7, 11) is 1.80. The molecule has 0 atom stereocenters. The predicted octanol–water partition coefficient (Wildman–Crippen LogP) is 1.89. The van der Waals surface area contributed by atoms with Crippen molar-refractivity contribution in [2.24, 2.45) is 5.92 Å². The van der Waals surface area contributed by atoms with Crippen molar-refractivity contribution in [2.45, 2.75) is 51.5 Å². The van der Waals surface area contributed by atoms with Crippen LogP contribution < -0.4 is 0 Å². The lowest BCUT2D eigenvalue weighted by atomic mass is 9.86. The zero-order chi connectivity index (χ0) is 12.1. The number of carboxylic acid groups (broad SMARTS) is 1. The van der Waals surface area contributed by atoms with Crippen LogP contribution in [0.25, 0.3) is 0 Å². The van der Waals surface area contributed by atoms with E-state index in [0.29, 0.717) is 6.04 Å². The molecule has 16 heavy (non-hydrogen) atoms. The van der Waals surface area contributed by atoms with Crippen LogP contribution in [0.1, 0.15) is 45.4 Å². The summed E-state index contributed by atoms with van der Waals surface area (Å²) in [5, 5.41) is 8.52. The van der Waals surface area contributed by atoms with Crippen molar-refractivity contribution < 1.29 is 14.7 Å². The van der Waals surface area contributed by atoms with Crippen molar-refractivity contribution in [1.82, 2.24) is 4.90 Å². The van der Waals surface area contributed by atoms with E-state index in [-0.39, 0.29) is 18.7 Å². The van der Waals surface area contributed by atoms with E-state index in [1.54, 1.807) is 11.9 Å². The fourth-order valence-electron chi connectivity index (χ4n) is 2.22. The van der Waals surface area contributed by atoms with Gasteiger partial charge in [0.15, 0.2) is 0 Å². The number of aliphatic carboxylic acids is 1. The van der Waals surface area contributed by atoms with Crippen LogP contribution in [0.4, 0.5) is 0 Å². The maximum atomic E-state index is 11.7. The van der Waals surface area contributed by atoms with Gasteiger partial charge >= 0.3 is 5.97 Å². The molecule has 0 spiro atoms. The molecule has 1 saturated carbocycles. The van der Waals surface area contributed by atoms with Crippen LogP contribution in [-0.4, -0.2) is 35.0 Å². The Balaban J connectivity index is 2.35. The Labute approximate surface area is 96.6 Å². The summed E-state index contributed by atoms with van der Waals surface area (Å²) in [6.45, 7) is 2.24. The van der Waals surface area contributed by atoms with Crippen molar-refractivity contribution >= 4 is 11.9 Å². The van der Waals surface area contributed by atoms with E-state index < -0.39 is 5.97 Å². The molecule has 0 bridgehead atoms. The van der Waals surface area contributed by atoms with E-state index in [1.165, 1.54) is 12.8 Å². The monoisotopic (exact) mass is 227 g/mol. The summed E-state index contributed by atoms with van der Waals surface area (Å²) in [5.74, 6) is -0.181. The normalized spacial score (nSPS) is 25.1. The predicted molar refractivity (Wildman–Crippen MR) is 61.1 cm³/mol.